The van der Waals surface area contributed by atoms with E-state index in [1.807, 2.05) is 7.05 Å². The van der Waals surface area contributed by atoms with E-state index < -0.39 is 0 Å². The van der Waals surface area contributed by atoms with E-state index in [4.69, 9.17) is 4.74 Å². The first kappa shape index (κ1) is 14.5. The molecule has 0 bridgehead atoms. The molecule has 3 heteroatoms. The molecule has 19 heavy (non-hydrogen) atoms. The van der Waals surface area contributed by atoms with Crippen LogP contribution >= 0.6 is 0 Å². The Balaban J connectivity index is 2.09. The first-order chi connectivity index (χ1) is 9.28. The van der Waals surface area contributed by atoms with Crippen LogP contribution in [-0.4, -0.2) is 44.3 Å². The number of likely N-dealkylation sites (N-methyl/N-ethyl adjacent to an activating group) is 2. The van der Waals surface area contributed by atoms with Gasteiger partial charge in [0, 0.05) is 13.1 Å². The number of aryl methyl sites for hydroxylation is 1. The third kappa shape index (κ3) is 3.56. The fraction of sp³-hybridized carbons (Fsp3) is 0.625. The van der Waals surface area contributed by atoms with E-state index >= 15 is 0 Å². The maximum Gasteiger partial charge on any atom is 0.0896 e. The average Bonchev–Trinajstić information content (AvgIpc) is 2.49. The van der Waals surface area contributed by atoms with Crippen LogP contribution < -0.4 is 5.32 Å². The van der Waals surface area contributed by atoms with Crippen molar-refractivity contribution in [1.82, 2.24) is 10.2 Å². The minimum Gasteiger partial charge on any atom is -0.374 e. The Morgan fingerprint density at radius 3 is 2.63 bits per heavy atom. The Labute approximate surface area is 116 Å². The number of nitrogens with one attached hydrogen (secondary N) is 1. The predicted octanol–water partition coefficient (Wildman–Crippen LogP) is 2.23. The lowest BCUT2D eigenvalue weighted by Gasteiger charge is -2.36. The smallest absolute Gasteiger partial charge is 0.0896 e. The number of morpholine rings is 1. The topological polar surface area (TPSA) is 24.5 Å². The molecular weight excluding hydrogens is 236 g/mol. The van der Waals surface area contributed by atoms with Crippen molar-refractivity contribution >= 4 is 0 Å². The second-order valence-electron chi connectivity index (χ2n) is 5.16. The summed E-state index contributed by atoms with van der Waals surface area (Å²) >= 11 is 0. The molecule has 0 saturated carbocycles. The zero-order valence-electron chi connectivity index (χ0n) is 12.4. The highest BCUT2D eigenvalue weighted by molar-refractivity contribution is 5.26. The first-order valence-electron chi connectivity index (χ1n) is 7.38. The van der Waals surface area contributed by atoms with Crippen LogP contribution in [0, 0.1) is 0 Å². The summed E-state index contributed by atoms with van der Waals surface area (Å²) in [5, 5.41) is 3.42. The SMILES string of the molecule is CCc1ccc(C(NC)C2CN(CC)CCO2)cc1. The van der Waals surface area contributed by atoms with Gasteiger partial charge in [0.15, 0.2) is 0 Å². The Kier molecular flexibility index (Phi) is 5.37. The molecule has 0 spiro atoms. The van der Waals surface area contributed by atoms with Gasteiger partial charge in [-0.3, -0.25) is 4.90 Å². The molecular formula is C16H26N2O. The molecule has 0 aromatic heterocycles. The third-order valence-corrected chi connectivity index (χ3v) is 4.05. The van der Waals surface area contributed by atoms with Gasteiger partial charge in [0.25, 0.3) is 0 Å². The van der Waals surface area contributed by atoms with Crippen molar-refractivity contribution in [2.75, 3.05) is 33.3 Å². The number of nitrogens with zero attached hydrogens (tertiary/aromatic N) is 1. The predicted molar refractivity (Wildman–Crippen MR) is 79.5 cm³/mol. The third-order valence-electron chi connectivity index (χ3n) is 4.05. The Bertz CT molecular complexity index is 377. The lowest BCUT2D eigenvalue weighted by atomic mass is 9.98. The lowest BCUT2D eigenvalue weighted by molar-refractivity contribution is -0.0444. The quantitative estimate of drug-likeness (QED) is 0.880. The van der Waals surface area contributed by atoms with Crippen molar-refractivity contribution in [2.45, 2.75) is 32.4 Å². The molecule has 1 aromatic rings. The first-order valence-corrected chi connectivity index (χ1v) is 7.38. The highest BCUT2D eigenvalue weighted by Gasteiger charge is 2.27. The monoisotopic (exact) mass is 262 g/mol. The molecule has 3 nitrogen and oxygen atoms in total. The van der Waals surface area contributed by atoms with Crippen LogP contribution in [0.1, 0.15) is 31.0 Å². The van der Waals surface area contributed by atoms with Crippen molar-refractivity contribution in [3.05, 3.63) is 35.4 Å². The summed E-state index contributed by atoms with van der Waals surface area (Å²) in [4.78, 5) is 2.46. The molecule has 0 radical (unpaired) electrons. The van der Waals surface area contributed by atoms with Gasteiger partial charge in [-0.2, -0.15) is 0 Å². The van der Waals surface area contributed by atoms with E-state index in [9.17, 15) is 0 Å². The summed E-state index contributed by atoms with van der Waals surface area (Å²) in [6, 6.07) is 9.18. The zero-order chi connectivity index (χ0) is 13.7. The molecule has 1 saturated heterocycles. The van der Waals surface area contributed by atoms with Gasteiger partial charge in [-0.25, -0.2) is 0 Å². The molecule has 1 heterocycles. The molecule has 2 atom stereocenters. The van der Waals surface area contributed by atoms with Gasteiger partial charge in [-0.1, -0.05) is 38.1 Å². The molecule has 1 aliphatic rings. The van der Waals surface area contributed by atoms with E-state index in [0.29, 0.717) is 0 Å². The number of hydrogen-bond donors (Lipinski definition) is 1. The summed E-state index contributed by atoms with van der Waals surface area (Å²) in [6.45, 7) is 8.41. The van der Waals surface area contributed by atoms with Crippen molar-refractivity contribution in [3.8, 4) is 0 Å². The molecule has 0 aliphatic carbocycles. The molecule has 1 aromatic carbocycles. The second-order valence-corrected chi connectivity index (χ2v) is 5.16. The summed E-state index contributed by atoms with van der Waals surface area (Å²) in [6.07, 6.45) is 1.33. The maximum atomic E-state index is 5.97. The van der Waals surface area contributed by atoms with E-state index in [1.54, 1.807) is 0 Å². The normalized spacial score (nSPS) is 22.4. The van der Waals surface area contributed by atoms with Crippen LogP contribution in [-0.2, 0) is 11.2 Å². The molecule has 0 amide bonds. The van der Waals surface area contributed by atoms with Crippen LogP contribution in [0.4, 0.5) is 0 Å². The Hall–Kier alpha value is -0.900. The number of hydrogen-bond acceptors (Lipinski definition) is 3. The van der Waals surface area contributed by atoms with Crippen molar-refractivity contribution in [1.29, 1.82) is 0 Å². The number of benzene rings is 1. The Morgan fingerprint density at radius 1 is 1.32 bits per heavy atom. The second kappa shape index (κ2) is 7.04. The van der Waals surface area contributed by atoms with E-state index in [2.05, 4.69) is 48.3 Å². The van der Waals surface area contributed by atoms with Gasteiger partial charge in [-0.15, -0.1) is 0 Å². The minimum absolute atomic E-state index is 0.242. The van der Waals surface area contributed by atoms with Crippen molar-refractivity contribution < 1.29 is 4.74 Å². The van der Waals surface area contributed by atoms with Crippen LogP contribution in [0.25, 0.3) is 0 Å². The van der Waals surface area contributed by atoms with Gasteiger partial charge < -0.3 is 10.1 Å². The summed E-state index contributed by atoms with van der Waals surface area (Å²) < 4.78 is 5.97. The number of ether oxygens (including phenoxy) is 1. The van der Waals surface area contributed by atoms with Gasteiger partial charge in [0.1, 0.15) is 0 Å². The molecule has 2 unspecified atom stereocenters. The van der Waals surface area contributed by atoms with Crippen molar-refractivity contribution in [2.24, 2.45) is 0 Å². The van der Waals surface area contributed by atoms with Crippen molar-refractivity contribution in [3.63, 3.8) is 0 Å². The molecule has 1 N–H and O–H groups in total. The largest absolute Gasteiger partial charge is 0.374 e. The summed E-state index contributed by atoms with van der Waals surface area (Å²) in [5.41, 5.74) is 2.71. The fourth-order valence-electron chi connectivity index (χ4n) is 2.75. The van der Waals surface area contributed by atoms with E-state index in [-0.39, 0.29) is 12.1 Å². The van der Waals surface area contributed by atoms with Crippen LogP contribution in [0.15, 0.2) is 24.3 Å². The lowest BCUT2D eigenvalue weighted by Crippen LogP contribution is -2.47. The Morgan fingerprint density at radius 2 is 2.05 bits per heavy atom. The van der Waals surface area contributed by atoms with Gasteiger partial charge >= 0.3 is 0 Å². The van der Waals surface area contributed by atoms with E-state index in [1.165, 1.54) is 11.1 Å². The minimum atomic E-state index is 0.242. The summed E-state index contributed by atoms with van der Waals surface area (Å²) in [5.74, 6) is 0. The highest BCUT2D eigenvalue weighted by atomic mass is 16.5. The molecule has 2 rings (SSSR count). The van der Waals surface area contributed by atoms with Crippen LogP contribution in [0.2, 0.25) is 0 Å². The number of rotatable bonds is 5. The molecule has 106 valence electrons. The van der Waals surface area contributed by atoms with Crippen LogP contribution in [0.3, 0.4) is 0 Å². The maximum absolute atomic E-state index is 5.97. The average molecular weight is 262 g/mol. The molecule has 1 fully saturated rings. The van der Waals surface area contributed by atoms with Gasteiger partial charge in [0.2, 0.25) is 0 Å². The summed E-state index contributed by atoms with van der Waals surface area (Å²) in [7, 11) is 2.02. The standard InChI is InChI=1S/C16H26N2O/c1-4-13-6-8-14(9-7-13)16(17-3)15-12-18(5-2)10-11-19-15/h6-9,15-17H,4-5,10-12H2,1-3H3. The van der Waals surface area contributed by atoms with Crippen LogP contribution in [0.5, 0.6) is 0 Å². The van der Waals surface area contributed by atoms with Gasteiger partial charge in [-0.05, 0) is 31.1 Å². The van der Waals surface area contributed by atoms with Gasteiger partial charge in [0.05, 0.1) is 18.8 Å². The highest BCUT2D eigenvalue weighted by Crippen LogP contribution is 2.22. The zero-order valence-corrected chi connectivity index (χ0v) is 12.4. The van der Waals surface area contributed by atoms with E-state index in [0.717, 1.165) is 32.7 Å². The molecule has 1 aliphatic heterocycles. The fourth-order valence-corrected chi connectivity index (χ4v) is 2.75.